The molecule has 2 aromatic rings. The number of non-ortho nitro benzene ring substituents is 1. The van der Waals surface area contributed by atoms with Gasteiger partial charge in [-0.1, -0.05) is 30.7 Å². The van der Waals surface area contributed by atoms with Gasteiger partial charge in [-0.15, -0.1) is 0 Å². The molecule has 0 aromatic heterocycles. The second kappa shape index (κ2) is 6.54. The number of nitrogens with one attached hydrogen (secondary N) is 1. The number of benzene rings is 2. The Morgan fingerprint density at radius 2 is 2.10 bits per heavy atom. The first-order chi connectivity index (χ1) is 10.0. The van der Waals surface area contributed by atoms with Crippen LogP contribution in [0.1, 0.15) is 24.9 Å². The van der Waals surface area contributed by atoms with Crippen LogP contribution in [0.25, 0.3) is 0 Å². The molecule has 0 spiro atoms. The van der Waals surface area contributed by atoms with Crippen LogP contribution in [0.4, 0.5) is 15.8 Å². The van der Waals surface area contributed by atoms with E-state index in [1.54, 1.807) is 12.1 Å². The van der Waals surface area contributed by atoms with Crippen molar-refractivity contribution in [2.75, 3.05) is 5.32 Å². The number of nitrogens with zero attached hydrogens (tertiary/aromatic N) is 1. The molecule has 110 valence electrons. The van der Waals surface area contributed by atoms with Crippen molar-refractivity contribution in [1.29, 1.82) is 0 Å². The van der Waals surface area contributed by atoms with Crippen molar-refractivity contribution < 1.29 is 9.31 Å². The number of nitro groups is 1. The van der Waals surface area contributed by atoms with Crippen LogP contribution >= 0.6 is 11.6 Å². The van der Waals surface area contributed by atoms with Crippen molar-refractivity contribution in [3.8, 4) is 0 Å². The Bertz CT molecular complexity index is 664. The monoisotopic (exact) mass is 308 g/mol. The van der Waals surface area contributed by atoms with E-state index in [1.165, 1.54) is 30.3 Å². The zero-order valence-corrected chi connectivity index (χ0v) is 12.1. The predicted molar refractivity (Wildman–Crippen MR) is 81.2 cm³/mol. The van der Waals surface area contributed by atoms with Gasteiger partial charge in [0.05, 0.1) is 21.7 Å². The van der Waals surface area contributed by atoms with E-state index >= 15 is 0 Å². The lowest BCUT2D eigenvalue weighted by molar-refractivity contribution is -0.384. The van der Waals surface area contributed by atoms with Gasteiger partial charge >= 0.3 is 0 Å². The molecular weight excluding hydrogens is 295 g/mol. The maximum Gasteiger partial charge on any atom is 0.271 e. The maximum absolute atomic E-state index is 13.3. The lowest BCUT2D eigenvalue weighted by Crippen LogP contribution is -2.10. The summed E-state index contributed by atoms with van der Waals surface area (Å²) in [5.41, 5.74) is 1.18. The first kappa shape index (κ1) is 15.3. The average Bonchev–Trinajstić information content (AvgIpc) is 2.46. The minimum absolute atomic E-state index is 0.0454. The van der Waals surface area contributed by atoms with Crippen LogP contribution in [0.3, 0.4) is 0 Å². The third kappa shape index (κ3) is 3.70. The smallest absolute Gasteiger partial charge is 0.271 e. The highest BCUT2D eigenvalue weighted by Gasteiger charge is 2.14. The number of anilines is 1. The number of halogens is 2. The minimum Gasteiger partial charge on any atom is -0.377 e. The van der Waals surface area contributed by atoms with E-state index in [4.69, 9.17) is 11.6 Å². The summed E-state index contributed by atoms with van der Waals surface area (Å²) in [6.07, 6.45) is 0.683. The molecule has 0 aliphatic rings. The number of rotatable bonds is 5. The topological polar surface area (TPSA) is 55.2 Å². The molecule has 0 saturated heterocycles. The van der Waals surface area contributed by atoms with Crippen molar-refractivity contribution >= 4 is 23.0 Å². The zero-order chi connectivity index (χ0) is 15.4. The number of hydrogen-bond acceptors (Lipinski definition) is 3. The summed E-state index contributed by atoms with van der Waals surface area (Å²) in [7, 11) is 0. The lowest BCUT2D eigenvalue weighted by Gasteiger charge is -2.19. The van der Waals surface area contributed by atoms with E-state index < -0.39 is 4.92 Å². The molecule has 21 heavy (non-hydrogen) atoms. The molecule has 0 radical (unpaired) electrons. The molecule has 1 unspecified atom stereocenters. The highest BCUT2D eigenvalue weighted by Crippen LogP contribution is 2.31. The summed E-state index contributed by atoms with van der Waals surface area (Å²) >= 11 is 6.06. The molecular formula is C15H14ClFN2O2. The van der Waals surface area contributed by atoms with Crippen molar-refractivity contribution in [3.05, 3.63) is 69.0 Å². The standard InChI is InChI=1S/C15H14ClFN2O2/c1-2-14(10-4-3-5-11(17)8-10)18-15-9-12(19(20)21)6-7-13(15)16/h3-9,14,18H,2H2,1H3. The van der Waals surface area contributed by atoms with Crippen LogP contribution in [-0.4, -0.2) is 4.92 Å². The quantitative estimate of drug-likeness (QED) is 0.628. The van der Waals surface area contributed by atoms with E-state index in [9.17, 15) is 14.5 Å². The van der Waals surface area contributed by atoms with Gasteiger partial charge in [-0.25, -0.2) is 4.39 Å². The molecule has 0 aliphatic heterocycles. The SMILES string of the molecule is CCC(Nc1cc([N+](=O)[O-])ccc1Cl)c1cccc(F)c1. The van der Waals surface area contributed by atoms with Crippen molar-refractivity contribution in [2.24, 2.45) is 0 Å². The summed E-state index contributed by atoms with van der Waals surface area (Å²) in [5.74, 6) is -0.321. The Balaban J connectivity index is 2.30. The molecule has 0 heterocycles. The highest BCUT2D eigenvalue weighted by atomic mass is 35.5. The van der Waals surface area contributed by atoms with Crippen LogP contribution in [0, 0.1) is 15.9 Å². The summed E-state index contributed by atoms with van der Waals surface area (Å²) in [6, 6.07) is 10.3. The normalized spacial score (nSPS) is 12.0. The summed E-state index contributed by atoms with van der Waals surface area (Å²) < 4.78 is 13.3. The summed E-state index contributed by atoms with van der Waals surface area (Å²) in [5, 5.41) is 14.3. The first-order valence-electron chi connectivity index (χ1n) is 6.47. The summed E-state index contributed by atoms with van der Waals surface area (Å²) in [6.45, 7) is 1.94. The van der Waals surface area contributed by atoms with E-state index in [2.05, 4.69) is 5.32 Å². The Labute approximate surface area is 126 Å². The molecule has 4 nitrogen and oxygen atoms in total. The highest BCUT2D eigenvalue weighted by molar-refractivity contribution is 6.33. The Hall–Kier alpha value is -2.14. The third-order valence-corrected chi connectivity index (χ3v) is 3.48. The van der Waals surface area contributed by atoms with E-state index in [1.807, 2.05) is 6.92 Å². The Morgan fingerprint density at radius 1 is 1.33 bits per heavy atom. The maximum atomic E-state index is 13.3. The van der Waals surface area contributed by atoms with Gasteiger partial charge in [0.25, 0.3) is 5.69 Å². The van der Waals surface area contributed by atoms with Gasteiger partial charge in [0.1, 0.15) is 5.82 Å². The van der Waals surface area contributed by atoms with Crippen LogP contribution < -0.4 is 5.32 Å². The van der Waals surface area contributed by atoms with Gasteiger partial charge in [0.15, 0.2) is 0 Å². The van der Waals surface area contributed by atoms with Crippen molar-refractivity contribution in [1.82, 2.24) is 0 Å². The van der Waals surface area contributed by atoms with Crippen molar-refractivity contribution in [2.45, 2.75) is 19.4 Å². The number of nitro benzene ring substituents is 1. The summed E-state index contributed by atoms with van der Waals surface area (Å²) in [4.78, 5) is 10.3. The fourth-order valence-electron chi connectivity index (χ4n) is 2.07. The predicted octanol–water partition coefficient (Wildman–Crippen LogP) is 4.95. The van der Waals surface area contributed by atoms with Crippen LogP contribution in [0.15, 0.2) is 42.5 Å². The number of hydrogen-bond donors (Lipinski definition) is 1. The molecule has 1 N–H and O–H groups in total. The van der Waals surface area contributed by atoms with Gasteiger partial charge in [-0.05, 0) is 30.2 Å². The molecule has 1 atom stereocenters. The van der Waals surface area contributed by atoms with Gasteiger partial charge in [-0.3, -0.25) is 10.1 Å². The fourth-order valence-corrected chi connectivity index (χ4v) is 2.24. The van der Waals surface area contributed by atoms with E-state index in [0.717, 1.165) is 5.56 Å². The molecule has 0 bridgehead atoms. The van der Waals surface area contributed by atoms with Crippen LogP contribution in [0.2, 0.25) is 5.02 Å². The lowest BCUT2D eigenvalue weighted by atomic mass is 10.0. The fraction of sp³-hybridized carbons (Fsp3) is 0.200. The van der Waals surface area contributed by atoms with E-state index in [-0.39, 0.29) is 17.5 Å². The average molecular weight is 309 g/mol. The molecule has 2 rings (SSSR count). The van der Waals surface area contributed by atoms with Gasteiger partial charge < -0.3 is 5.32 Å². The van der Waals surface area contributed by atoms with Crippen molar-refractivity contribution in [3.63, 3.8) is 0 Å². The Kier molecular flexibility index (Phi) is 4.75. The molecule has 6 heteroatoms. The van der Waals surface area contributed by atoms with Gasteiger partial charge in [0.2, 0.25) is 0 Å². The molecule has 0 saturated carbocycles. The second-order valence-corrected chi connectivity index (χ2v) is 4.99. The third-order valence-electron chi connectivity index (χ3n) is 3.15. The van der Waals surface area contributed by atoms with E-state index in [0.29, 0.717) is 17.1 Å². The largest absolute Gasteiger partial charge is 0.377 e. The van der Waals surface area contributed by atoms with Crippen LogP contribution in [-0.2, 0) is 0 Å². The molecule has 2 aromatic carbocycles. The minimum atomic E-state index is -0.482. The zero-order valence-electron chi connectivity index (χ0n) is 11.3. The molecule has 0 aliphatic carbocycles. The molecule has 0 amide bonds. The van der Waals surface area contributed by atoms with Gasteiger partial charge in [-0.2, -0.15) is 0 Å². The Morgan fingerprint density at radius 3 is 2.71 bits per heavy atom. The second-order valence-electron chi connectivity index (χ2n) is 4.58. The first-order valence-corrected chi connectivity index (χ1v) is 6.85. The molecule has 0 fully saturated rings. The van der Waals surface area contributed by atoms with Crippen LogP contribution in [0.5, 0.6) is 0 Å². The van der Waals surface area contributed by atoms with Gasteiger partial charge in [0, 0.05) is 12.1 Å².